The smallest absolute Gasteiger partial charge is 0.227 e. The van der Waals surface area contributed by atoms with Crippen LogP contribution >= 0.6 is 24.0 Å². The predicted octanol–water partition coefficient (Wildman–Crippen LogP) is 2.44. The van der Waals surface area contributed by atoms with Gasteiger partial charge in [-0.15, -0.1) is 24.0 Å². The molecule has 1 aromatic carbocycles. The first kappa shape index (κ1) is 21.9. The van der Waals surface area contributed by atoms with Gasteiger partial charge in [0.15, 0.2) is 5.96 Å². The van der Waals surface area contributed by atoms with Crippen LogP contribution in [0, 0.1) is 5.92 Å². The third-order valence-electron chi connectivity index (χ3n) is 5.29. The third-order valence-corrected chi connectivity index (χ3v) is 5.29. The molecule has 0 bridgehead atoms. The van der Waals surface area contributed by atoms with Crippen molar-refractivity contribution in [3.63, 3.8) is 0 Å². The number of guanidine groups is 1. The van der Waals surface area contributed by atoms with Crippen molar-refractivity contribution < 1.29 is 4.79 Å². The van der Waals surface area contributed by atoms with E-state index in [9.17, 15) is 4.79 Å². The lowest BCUT2D eigenvalue weighted by Crippen LogP contribution is -2.43. The fourth-order valence-electron chi connectivity index (χ4n) is 3.80. The SMILES string of the molecule is CN=C(NCc1ccc(N2CCCC2=O)cc1)NCC1CCCN(C)C1.I. The van der Waals surface area contributed by atoms with E-state index in [0.29, 0.717) is 12.3 Å². The molecule has 0 radical (unpaired) electrons. The monoisotopic (exact) mass is 485 g/mol. The minimum atomic E-state index is 0. The summed E-state index contributed by atoms with van der Waals surface area (Å²) in [5, 5.41) is 6.83. The average Bonchev–Trinajstić information content (AvgIpc) is 3.08. The van der Waals surface area contributed by atoms with E-state index >= 15 is 0 Å². The van der Waals surface area contributed by atoms with Gasteiger partial charge >= 0.3 is 0 Å². The highest BCUT2D eigenvalue weighted by atomic mass is 127. The molecule has 7 heteroatoms. The topological polar surface area (TPSA) is 60.0 Å². The summed E-state index contributed by atoms with van der Waals surface area (Å²) in [5.74, 6) is 1.76. The molecule has 2 aliphatic rings. The summed E-state index contributed by atoms with van der Waals surface area (Å²) in [5.41, 5.74) is 2.18. The van der Waals surface area contributed by atoms with E-state index in [1.54, 1.807) is 0 Å². The summed E-state index contributed by atoms with van der Waals surface area (Å²) in [6, 6.07) is 8.23. The summed E-state index contributed by atoms with van der Waals surface area (Å²) in [4.78, 5) is 20.4. The molecule has 3 rings (SSSR count). The molecule has 0 saturated carbocycles. The maximum absolute atomic E-state index is 11.8. The number of amides is 1. The summed E-state index contributed by atoms with van der Waals surface area (Å²) in [6.07, 6.45) is 4.19. The highest BCUT2D eigenvalue weighted by Gasteiger charge is 2.21. The molecule has 1 atom stereocenters. The molecule has 0 spiro atoms. The van der Waals surface area contributed by atoms with Crippen LogP contribution in [0.5, 0.6) is 0 Å². The standard InChI is InChI=1S/C20H31N5O.HI/c1-21-20(23-14-17-5-3-11-24(2)15-17)22-13-16-7-9-18(10-8-16)25-12-4-6-19(25)26;/h7-10,17H,3-6,11-15H2,1-2H3,(H2,21,22,23);1H. The molecule has 0 aromatic heterocycles. The average molecular weight is 485 g/mol. The molecule has 2 saturated heterocycles. The van der Waals surface area contributed by atoms with Gasteiger partial charge in [0.2, 0.25) is 5.91 Å². The summed E-state index contributed by atoms with van der Waals surface area (Å²) in [6.45, 7) is 4.88. The van der Waals surface area contributed by atoms with Crippen molar-refractivity contribution in [2.45, 2.75) is 32.2 Å². The van der Waals surface area contributed by atoms with Gasteiger partial charge < -0.3 is 20.4 Å². The highest BCUT2D eigenvalue weighted by Crippen LogP contribution is 2.21. The van der Waals surface area contributed by atoms with Crippen LogP contribution in [0.15, 0.2) is 29.3 Å². The first-order valence-electron chi connectivity index (χ1n) is 9.68. The fraction of sp³-hybridized carbons (Fsp3) is 0.600. The van der Waals surface area contributed by atoms with Crippen LogP contribution in [-0.2, 0) is 11.3 Å². The van der Waals surface area contributed by atoms with Crippen molar-refractivity contribution in [3.05, 3.63) is 29.8 Å². The van der Waals surface area contributed by atoms with Gasteiger partial charge in [-0.05, 0) is 56.5 Å². The number of anilines is 1. The zero-order valence-corrected chi connectivity index (χ0v) is 18.7. The Hall–Kier alpha value is -1.35. The lowest BCUT2D eigenvalue weighted by molar-refractivity contribution is -0.117. The Labute approximate surface area is 179 Å². The highest BCUT2D eigenvalue weighted by molar-refractivity contribution is 14.0. The Balaban J connectivity index is 0.00000261. The van der Waals surface area contributed by atoms with Crippen LogP contribution in [0.4, 0.5) is 5.69 Å². The molecule has 6 nitrogen and oxygen atoms in total. The Kier molecular flexibility index (Phi) is 8.82. The summed E-state index contributed by atoms with van der Waals surface area (Å²) < 4.78 is 0. The maximum Gasteiger partial charge on any atom is 0.227 e. The Morgan fingerprint density at radius 2 is 1.96 bits per heavy atom. The lowest BCUT2D eigenvalue weighted by Gasteiger charge is -2.30. The number of rotatable bonds is 5. The van der Waals surface area contributed by atoms with E-state index in [1.165, 1.54) is 24.9 Å². The Morgan fingerprint density at radius 1 is 1.19 bits per heavy atom. The van der Waals surface area contributed by atoms with Gasteiger partial charge in [-0.2, -0.15) is 0 Å². The van der Waals surface area contributed by atoms with Gasteiger partial charge in [0.1, 0.15) is 0 Å². The van der Waals surface area contributed by atoms with Crippen molar-refractivity contribution in [3.8, 4) is 0 Å². The quantitative estimate of drug-likeness (QED) is 0.382. The zero-order valence-electron chi connectivity index (χ0n) is 16.4. The van der Waals surface area contributed by atoms with Gasteiger partial charge in [0.05, 0.1) is 0 Å². The summed E-state index contributed by atoms with van der Waals surface area (Å²) >= 11 is 0. The molecule has 1 aromatic rings. The number of likely N-dealkylation sites (tertiary alicyclic amines) is 1. The first-order valence-corrected chi connectivity index (χ1v) is 9.68. The second kappa shape index (κ2) is 10.8. The fourth-order valence-corrected chi connectivity index (χ4v) is 3.80. The maximum atomic E-state index is 11.8. The molecule has 2 fully saturated rings. The van der Waals surface area contributed by atoms with Crippen molar-refractivity contribution in [2.24, 2.45) is 10.9 Å². The minimum Gasteiger partial charge on any atom is -0.356 e. The second-order valence-corrected chi connectivity index (χ2v) is 7.39. The molecular formula is C20H32IN5O. The van der Waals surface area contributed by atoms with E-state index in [4.69, 9.17) is 0 Å². The molecular weight excluding hydrogens is 453 g/mol. The lowest BCUT2D eigenvalue weighted by atomic mass is 9.99. The van der Waals surface area contributed by atoms with Crippen molar-refractivity contribution >= 4 is 41.5 Å². The van der Waals surface area contributed by atoms with E-state index in [2.05, 4.69) is 39.7 Å². The first-order chi connectivity index (χ1) is 12.7. The van der Waals surface area contributed by atoms with Gasteiger partial charge in [0, 0.05) is 45.3 Å². The third kappa shape index (κ3) is 6.34. The van der Waals surface area contributed by atoms with Crippen LogP contribution in [0.2, 0.25) is 0 Å². The van der Waals surface area contributed by atoms with Gasteiger partial charge in [-0.1, -0.05) is 12.1 Å². The van der Waals surface area contributed by atoms with E-state index in [1.807, 2.05) is 24.1 Å². The number of piperidine rings is 1. The minimum absolute atomic E-state index is 0. The molecule has 27 heavy (non-hydrogen) atoms. The second-order valence-electron chi connectivity index (χ2n) is 7.39. The van der Waals surface area contributed by atoms with Crippen LogP contribution in [0.3, 0.4) is 0 Å². The number of halogens is 1. The number of hydrogen-bond donors (Lipinski definition) is 2. The van der Waals surface area contributed by atoms with Crippen molar-refractivity contribution in [2.75, 3.05) is 45.2 Å². The number of nitrogens with zero attached hydrogens (tertiary/aromatic N) is 3. The van der Waals surface area contributed by atoms with Crippen LogP contribution < -0.4 is 15.5 Å². The molecule has 150 valence electrons. The Morgan fingerprint density at radius 3 is 2.59 bits per heavy atom. The van der Waals surface area contributed by atoms with Gasteiger partial charge in [-0.25, -0.2) is 0 Å². The number of aliphatic imine (C=N–C) groups is 1. The number of carbonyl (C=O) groups excluding carboxylic acids is 1. The van der Waals surface area contributed by atoms with Crippen molar-refractivity contribution in [1.29, 1.82) is 0 Å². The number of benzene rings is 1. The molecule has 1 amide bonds. The summed E-state index contributed by atoms with van der Waals surface area (Å²) in [7, 11) is 4.00. The molecule has 2 aliphatic heterocycles. The van der Waals surface area contributed by atoms with Crippen LogP contribution in [0.25, 0.3) is 0 Å². The predicted molar refractivity (Wildman–Crippen MR) is 122 cm³/mol. The van der Waals surface area contributed by atoms with Crippen LogP contribution in [-0.4, -0.2) is 57.0 Å². The van der Waals surface area contributed by atoms with Gasteiger partial charge in [-0.3, -0.25) is 9.79 Å². The van der Waals surface area contributed by atoms with Crippen molar-refractivity contribution in [1.82, 2.24) is 15.5 Å². The normalized spacial score (nSPS) is 21.1. The van der Waals surface area contributed by atoms with E-state index in [0.717, 1.165) is 44.2 Å². The largest absolute Gasteiger partial charge is 0.356 e. The molecule has 0 aliphatic carbocycles. The molecule has 2 N–H and O–H groups in total. The zero-order chi connectivity index (χ0) is 18.4. The molecule has 1 unspecified atom stereocenters. The van der Waals surface area contributed by atoms with E-state index in [-0.39, 0.29) is 29.9 Å². The van der Waals surface area contributed by atoms with E-state index < -0.39 is 0 Å². The number of nitrogens with one attached hydrogen (secondary N) is 2. The van der Waals surface area contributed by atoms with Crippen LogP contribution in [0.1, 0.15) is 31.2 Å². The Bertz CT molecular complexity index is 634. The van der Waals surface area contributed by atoms with Gasteiger partial charge in [0.25, 0.3) is 0 Å². The number of hydrogen-bond acceptors (Lipinski definition) is 3. The number of carbonyl (C=O) groups is 1. The molecule has 2 heterocycles.